The molecule has 0 amide bonds. The van der Waals surface area contributed by atoms with Crippen molar-refractivity contribution in [2.45, 2.75) is 160 Å². The number of para-hydroxylation sites is 1. The van der Waals surface area contributed by atoms with Gasteiger partial charge >= 0.3 is 24.1 Å². The van der Waals surface area contributed by atoms with Gasteiger partial charge in [0.1, 0.15) is 58.0 Å². The summed E-state index contributed by atoms with van der Waals surface area (Å²) in [5.41, 5.74) is 1.82. The normalized spacial score (nSPS) is 11.8. The molecule has 15 aromatic rings. The van der Waals surface area contributed by atoms with Gasteiger partial charge in [0.2, 0.25) is 0 Å². The van der Waals surface area contributed by atoms with Crippen LogP contribution in [0.2, 0.25) is 0 Å². The molecule has 0 saturated carbocycles. The molecule has 15 rings (SSSR count). The molecule has 0 saturated heterocycles. The third kappa shape index (κ3) is 23.7. The second-order valence-electron chi connectivity index (χ2n) is 31.6. The number of likely N-dealkylation sites (N-methyl/N-ethyl adjacent to an activating group) is 1. The predicted octanol–water partition coefficient (Wildman–Crippen LogP) is 23.2. The van der Waals surface area contributed by atoms with Gasteiger partial charge in [-0.05, 0) is 244 Å². The van der Waals surface area contributed by atoms with E-state index in [1.54, 1.807) is 76.9 Å². The minimum atomic E-state index is -4.56. The van der Waals surface area contributed by atoms with E-state index in [0.29, 0.717) is 54.8 Å². The standard InChI is InChI=1S/C28H34F3N3O3.C27H25NO5.C22H25NO4S.C21H22N2O5S/c1-4-8-22-25(12-10-23-26(22)37-32-27(23)28(29,30)31)36-17-7-14-34-15-13-20-19-21(9-11-24(20)34)35-18-16-33(5-2)6-3;1-27(2,26(29)30)33-22-11-5-9-20-18(22)14-16-28(20)15-7-17-31-23-12-6-13-24-25(23)19-8-3-4-10-21(19)32-24;1-22(2,21(24)25)27-20-7-4-6-19-18(20)12-14-23(19)13-5-15-28-17-10-8-16(26-3)9-11-17;1-21(2,20(24)25)28-19-6-3-5-18-17(19)11-13-22(18)12-4-14-29-16-9-7-15(8-10-16)23(26)27/h9-13,15,19H,4-8,14,16-18H2,1-3H3;3-6,8-14,16H,7,15,17H2,1-2H3,(H,29,30);4,6-12,14H,5,13,15H2,1-3H3,(H,24,25);3,5-11,13H,4,12,14H2,1-2H3,(H,24,25). The number of carboxylic acids is 3. The quantitative estimate of drug-likeness (QED) is 0.0140. The number of ether oxygens (including phenoxy) is 7. The van der Waals surface area contributed by atoms with Crippen LogP contribution >= 0.6 is 23.5 Å². The number of nitro groups is 1. The summed E-state index contributed by atoms with van der Waals surface area (Å²) in [6.07, 6.45) is 8.25. The molecule has 0 spiro atoms. The molecule has 6 heterocycles. The van der Waals surface area contributed by atoms with Crippen molar-refractivity contribution < 1.29 is 89.9 Å². The molecule has 0 unspecified atom stereocenters. The number of furan rings is 1. The molecule has 6 aromatic heterocycles. The number of fused-ring (bicyclic) bond motifs is 8. The number of hydrogen-bond donors (Lipinski definition) is 3. The van der Waals surface area contributed by atoms with Crippen molar-refractivity contribution in [3.8, 4) is 40.2 Å². The van der Waals surface area contributed by atoms with Crippen LogP contribution in [-0.4, -0.2) is 141 Å². The van der Waals surface area contributed by atoms with Gasteiger partial charge in [0.15, 0.2) is 28.1 Å². The molecular weight excluding hydrogens is 1670 g/mol. The lowest BCUT2D eigenvalue weighted by atomic mass is 10.0. The van der Waals surface area contributed by atoms with Crippen molar-refractivity contribution in [3.05, 3.63) is 246 Å². The highest BCUT2D eigenvalue weighted by Gasteiger charge is 2.38. The Morgan fingerprint density at radius 2 is 0.953 bits per heavy atom. The number of aromatic nitrogens is 5. The van der Waals surface area contributed by atoms with Crippen LogP contribution in [0, 0.1) is 10.1 Å². The highest BCUT2D eigenvalue weighted by atomic mass is 32.2. The number of methoxy groups -OCH3 is 1. The Morgan fingerprint density at radius 1 is 0.488 bits per heavy atom. The number of rotatable bonds is 39. The van der Waals surface area contributed by atoms with Gasteiger partial charge in [0.25, 0.3) is 5.69 Å². The maximum Gasteiger partial charge on any atom is 0.437 e. The number of alkyl halides is 3. The third-order valence-corrected chi connectivity index (χ3v) is 23.6. The van der Waals surface area contributed by atoms with Gasteiger partial charge in [0, 0.05) is 117 Å². The van der Waals surface area contributed by atoms with Crippen LogP contribution in [0.4, 0.5) is 18.9 Å². The number of aryl methyl sites for hydroxylation is 5. The maximum absolute atomic E-state index is 13.2. The Labute approximate surface area is 742 Å². The summed E-state index contributed by atoms with van der Waals surface area (Å²) in [4.78, 5) is 49.0. The largest absolute Gasteiger partial charge is 0.497 e. The first-order valence-corrected chi connectivity index (χ1v) is 44.2. The second kappa shape index (κ2) is 42.5. The smallest absolute Gasteiger partial charge is 0.437 e. The summed E-state index contributed by atoms with van der Waals surface area (Å²) in [6, 6.07) is 62.6. The van der Waals surface area contributed by atoms with E-state index in [0.717, 1.165) is 177 Å². The number of carbonyl (C=O) groups is 3. The van der Waals surface area contributed by atoms with E-state index < -0.39 is 51.5 Å². The second-order valence-corrected chi connectivity index (χ2v) is 33.9. The zero-order chi connectivity index (χ0) is 90.6. The molecule has 0 bridgehead atoms. The van der Waals surface area contributed by atoms with Crippen LogP contribution in [0.25, 0.3) is 76.5 Å². The number of carboxylic acid groups (broad SMARTS) is 3. The number of nitrogens with zero attached hydrogens (tertiary/aromatic N) is 7. The van der Waals surface area contributed by atoms with Gasteiger partial charge in [0.05, 0.1) is 52.6 Å². The number of nitro benzene ring substituents is 1. The number of aliphatic carboxylic acids is 3. The van der Waals surface area contributed by atoms with E-state index in [2.05, 4.69) is 72.5 Å². The monoisotopic (exact) mass is 1770 g/mol. The van der Waals surface area contributed by atoms with E-state index in [-0.39, 0.29) is 16.7 Å². The summed E-state index contributed by atoms with van der Waals surface area (Å²) in [6.45, 7) is 23.3. The van der Waals surface area contributed by atoms with Gasteiger partial charge in [-0.2, -0.15) is 13.2 Å². The molecule has 24 nitrogen and oxygen atoms in total. The molecule has 29 heteroatoms. The summed E-state index contributed by atoms with van der Waals surface area (Å²) in [5, 5.41) is 47.8. The fourth-order valence-electron chi connectivity index (χ4n) is 14.4. The molecule has 0 aliphatic heterocycles. The highest BCUT2D eigenvalue weighted by Crippen LogP contribution is 2.41. The Bertz CT molecular complexity index is 6240. The molecule has 0 radical (unpaired) electrons. The highest BCUT2D eigenvalue weighted by molar-refractivity contribution is 7.99. The Morgan fingerprint density at radius 3 is 1.45 bits per heavy atom. The number of benzene rings is 9. The zero-order valence-electron chi connectivity index (χ0n) is 72.7. The van der Waals surface area contributed by atoms with Crippen molar-refractivity contribution in [3.63, 3.8) is 0 Å². The lowest BCUT2D eigenvalue weighted by Crippen LogP contribution is -2.37. The van der Waals surface area contributed by atoms with E-state index in [4.69, 9.17) is 42.1 Å². The first-order chi connectivity index (χ1) is 61.0. The Balaban J connectivity index is 0.000000155. The van der Waals surface area contributed by atoms with Gasteiger partial charge in [-0.25, -0.2) is 14.4 Å². The topological polar surface area (TPSA) is 282 Å². The van der Waals surface area contributed by atoms with Crippen LogP contribution in [0.3, 0.4) is 0 Å². The first kappa shape index (κ1) is 93.4. The molecule has 3 N–H and O–H groups in total. The minimum Gasteiger partial charge on any atom is -0.497 e. The lowest BCUT2D eigenvalue weighted by Gasteiger charge is -2.22. The molecule has 668 valence electrons. The molecule has 0 atom stereocenters. The summed E-state index contributed by atoms with van der Waals surface area (Å²) >= 11 is 3.48. The number of halogens is 3. The molecule has 0 aliphatic carbocycles. The molecule has 0 aliphatic rings. The van der Waals surface area contributed by atoms with Crippen LogP contribution in [0.5, 0.6) is 40.2 Å². The van der Waals surface area contributed by atoms with Crippen LogP contribution in [0.15, 0.2) is 244 Å². The summed E-state index contributed by atoms with van der Waals surface area (Å²) in [5.74, 6) is 3.68. The van der Waals surface area contributed by atoms with Gasteiger partial charge in [-0.1, -0.05) is 74.8 Å². The van der Waals surface area contributed by atoms with Crippen molar-refractivity contribution in [2.24, 2.45) is 0 Å². The van der Waals surface area contributed by atoms with Crippen LogP contribution in [-0.2, 0) is 53.2 Å². The molecule has 127 heavy (non-hydrogen) atoms. The van der Waals surface area contributed by atoms with Crippen LogP contribution in [0.1, 0.15) is 106 Å². The van der Waals surface area contributed by atoms with Crippen molar-refractivity contribution in [2.75, 3.05) is 58.1 Å². The maximum atomic E-state index is 13.2. The van der Waals surface area contributed by atoms with Gasteiger partial charge < -0.3 is 80.6 Å². The number of non-ortho nitro benzene ring substituents is 1. The molecule has 9 aromatic carbocycles. The van der Waals surface area contributed by atoms with E-state index in [9.17, 15) is 53.0 Å². The minimum absolute atomic E-state index is 0.0292. The van der Waals surface area contributed by atoms with E-state index in [1.165, 1.54) is 36.9 Å². The number of thioether (sulfide) groups is 2. The zero-order valence-corrected chi connectivity index (χ0v) is 74.4. The SMILES string of the molecule is CC(C)(Oc1cccc2c1ccn2CCCOc1cccc2oc3ccccc3c12)C(=O)O.CC(C)(Oc1cccc2c1ccn2CCCSc1ccc([N+](=O)[O-])cc1)C(=O)O.CCCc1c(OCCCn2ccc3cc(OCCN(CC)CC)ccc32)ccc2c(C(F)(F)F)noc12.COc1ccc(SCCCn2ccc3c(OC(C)(C)C(=O)O)cccc32)cc1. The van der Waals surface area contributed by atoms with E-state index in [1.807, 2.05) is 165 Å². The summed E-state index contributed by atoms with van der Waals surface area (Å²) in [7, 11) is 1.67. The average Bonchev–Trinajstić information content (AvgIpc) is 1.64. The molecular formula is C98H106F3N7O17S2. The Kier molecular flexibility index (Phi) is 31.3. The van der Waals surface area contributed by atoms with E-state index >= 15 is 0 Å². The molecule has 0 fully saturated rings. The van der Waals surface area contributed by atoms with Crippen molar-refractivity contribution >= 4 is 124 Å². The first-order valence-electron chi connectivity index (χ1n) is 42.2. The van der Waals surface area contributed by atoms with Crippen molar-refractivity contribution in [1.82, 2.24) is 28.3 Å². The fourth-order valence-corrected chi connectivity index (χ4v) is 16.1. The third-order valence-electron chi connectivity index (χ3n) is 21.4. The fraction of sp³-hybridized carbons (Fsp3) is 0.327. The Hall–Kier alpha value is -12.7. The van der Waals surface area contributed by atoms with Crippen molar-refractivity contribution in [1.29, 1.82) is 0 Å². The van der Waals surface area contributed by atoms with Gasteiger partial charge in [-0.3, -0.25) is 10.1 Å². The number of hydrogen-bond acceptors (Lipinski definition) is 18. The predicted molar refractivity (Wildman–Crippen MR) is 492 cm³/mol. The van der Waals surface area contributed by atoms with Gasteiger partial charge in [-0.15, -0.1) is 23.5 Å². The average molecular weight is 1780 g/mol. The summed E-state index contributed by atoms with van der Waals surface area (Å²) < 4.78 is 99.9. The lowest BCUT2D eigenvalue weighted by molar-refractivity contribution is -0.384. The van der Waals surface area contributed by atoms with Crippen LogP contribution < -0.4 is 33.2 Å².